The molecule has 0 aromatic heterocycles. The van der Waals surface area contributed by atoms with Gasteiger partial charge in [-0.3, -0.25) is 20.2 Å². The molecule has 0 aliphatic rings. The molecule has 0 heterocycles. The Morgan fingerprint density at radius 1 is 1.04 bits per heavy atom. The minimum atomic E-state index is -0.410. The van der Waals surface area contributed by atoms with Gasteiger partial charge in [0.15, 0.2) is 5.78 Å². The fourth-order valence-corrected chi connectivity index (χ4v) is 2.19. The smallest absolute Gasteiger partial charge is 0.187 e. The van der Waals surface area contributed by atoms with Crippen LogP contribution in [0.15, 0.2) is 64.6 Å². The summed E-state index contributed by atoms with van der Waals surface area (Å²) in [5.41, 5.74) is 1.26. The maximum absolute atomic E-state index is 12.2. The standard InChI is InChI=1S/C19H17ClN4O/c20-15-8-4-5-9-16(15)23-13-11-18(25)19(22)17(10-12-21)24-14-6-2-1-3-7-14/h1-9,12-13,21-22H,10-11H2. The summed E-state index contributed by atoms with van der Waals surface area (Å²) < 4.78 is 0. The van der Waals surface area contributed by atoms with Gasteiger partial charge in [0.05, 0.1) is 22.1 Å². The van der Waals surface area contributed by atoms with Gasteiger partial charge in [-0.05, 0) is 24.3 Å². The van der Waals surface area contributed by atoms with Crippen LogP contribution in [-0.4, -0.2) is 29.6 Å². The molecule has 25 heavy (non-hydrogen) atoms. The molecule has 0 amide bonds. The number of nitrogens with zero attached hydrogens (tertiary/aromatic N) is 2. The summed E-state index contributed by atoms with van der Waals surface area (Å²) in [7, 11) is 0. The zero-order chi connectivity index (χ0) is 18.1. The van der Waals surface area contributed by atoms with Crippen LogP contribution >= 0.6 is 11.6 Å². The number of rotatable bonds is 8. The van der Waals surface area contributed by atoms with Crippen molar-refractivity contribution in [3.05, 3.63) is 59.6 Å². The van der Waals surface area contributed by atoms with Crippen molar-refractivity contribution in [1.29, 1.82) is 10.8 Å². The first kappa shape index (κ1) is 18.4. The van der Waals surface area contributed by atoms with Gasteiger partial charge in [-0.25, -0.2) is 0 Å². The number of carbonyl (C=O) groups excluding carboxylic acids is 1. The van der Waals surface area contributed by atoms with E-state index in [4.69, 9.17) is 22.4 Å². The third-order valence-corrected chi connectivity index (χ3v) is 3.56. The van der Waals surface area contributed by atoms with Crippen molar-refractivity contribution in [3.8, 4) is 0 Å². The second-order valence-electron chi connectivity index (χ2n) is 5.07. The van der Waals surface area contributed by atoms with E-state index in [1.54, 1.807) is 36.4 Å². The van der Waals surface area contributed by atoms with E-state index in [0.717, 1.165) is 6.21 Å². The zero-order valence-electron chi connectivity index (χ0n) is 13.4. The molecule has 2 aromatic carbocycles. The fraction of sp³-hybridized carbons (Fsp3) is 0.105. The number of carbonyl (C=O) groups is 1. The Morgan fingerprint density at radius 3 is 2.40 bits per heavy atom. The van der Waals surface area contributed by atoms with Crippen LogP contribution in [0, 0.1) is 10.8 Å². The number of para-hydroxylation sites is 2. The largest absolute Gasteiger partial charge is 0.313 e. The molecular weight excluding hydrogens is 336 g/mol. The fourth-order valence-electron chi connectivity index (χ4n) is 2.00. The van der Waals surface area contributed by atoms with Crippen LogP contribution in [0.2, 0.25) is 5.02 Å². The van der Waals surface area contributed by atoms with E-state index in [1.165, 1.54) is 6.21 Å². The van der Waals surface area contributed by atoms with Crippen molar-refractivity contribution in [1.82, 2.24) is 0 Å². The molecule has 2 rings (SSSR count). The molecule has 0 spiro atoms. The van der Waals surface area contributed by atoms with Gasteiger partial charge in [-0.2, -0.15) is 0 Å². The Kier molecular flexibility index (Phi) is 6.92. The summed E-state index contributed by atoms with van der Waals surface area (Å²) in [6.07, 6.45) is 2.65. The molecule has 0 bridgehead atoms. The highest BCUT2D eigenvalue weighted by atomic mass is 35.5. The van der Waals surface area contributed by atoms with E-state index >= 15 is 0 Å². The highest BCUT2D eigenvalue weighted by molar-refractivity contribution is 6.68. The number of hydrogen-bond acceptors (Lipinski definition) is 5. The van der Waals surface area contributed by atoms with Crippen LogP contribution < -0.4 is 0 Å². The predicted molar refractivity (Wildman–Crippen MR) is 104 cm³/mol. The van der Waals surface area contributed by atoms with Gasteiger partial charge in [0, 0.05) is 25.3 Å². The summed E-state index contributed by atoms with van der Waals surface area (Å²) in [6.45, 7) is 0. The van der Waals surface area contributed by atoms with E-state index < -0.39 is 5.78 Å². The third kappa shape index (κ3) is 5.58. The van der Waals surface area contributed by atoms with Crippen molar-refractivity contribution < 1.29 is 4.79 Å². The Bertz CT molecular complexity index is 828. The minimum absolute atomic E-state index is 0.0319. The Balaban J connectivity index is 2.08. The molecule has 2 N–H and O–H groups in total. The third-order valence-electron chi connectivity index (χ3n) is 3.24. The first-order valence-corrected chi connectivity index (χ1v) is 8.00. The molecule has 0 saturated heterocycles. The number of aliphatic imine (C=N–C) groups is 2. The number of benzene rings is 2. The molecule has 0 radical (unpaired) electrons. The molecule has 0 saturated carbocycles. The van der Waals surface area contributed by atoms with Crippen molar-refractivity contribution in [2.75, 3.05) is 0 Å². The Labute approximate surface area is 151 Å². The monoisotopic (exact) mass is 352 g/mol. The van der Waals surface area contributed by atoms with Crippen molar-refractivity contribution >= 4 is 52.6 Å². The number of Topliss-reactive ketones (excluding diaryl/α,β-unsaturated/α-hetero) is 1. The van der Waals surface area contributed by atoms with E-state index in [1.807, 2.05) is 18.2 Å². The maximum Gasteiger partial charge on any atom is 0.187 e. The summed E-state index contributed by atoms with van der Waals surface area (Å²) >= 11 is 6.00. The number of nitrogens with one attached hydrogen (secondary N) is 2. The van der Waals surface area contributed by atoms with Crippen LogP contribution in [0.5, 0.6) is 0 Å². The Morgan fingerprint density at radius 2 is 1.72 bits per heavy atom. The van der Waals surface area contributed by atoms with Gasteiger partial charge in [-0.15, -0.1) is 0 Å². The molecule has 5 nitrogen and oxygen atoms in total. The van der Waals surface area contributed by atoms with Crippen molar-refractivity contribution in [2.24, 2.45) is 9.98 Å². The quantitative estimate of drug-likeness (QED) is 0.654. The van der Waals surface area contributed by atoms with Crippen LogP contribution in [-0.2, 0) is 4.79 Å². The van der Waals surface area contributed by atoms with Crippen molar-refractivity contribution in [2.45, 2.75) is 12.8 Å². The second kappa shape index (κ2) is 9.39. The average molecular weight is 353 g/mol. The minimum Gasteiger partial charge on any atom is -0.313 e. The van der Waals surface area contributed by atoms with E-state index in [0.29, 0.717) is 16.4 Å². The second-order valence-corrected chi connectivity index (χ2v) is 5.47. The highest BCUT2D eigenvalue weighted by Gasteiger charge is 2.14. The van der Waals surface area contributed by atoms with Crippen LogP contribution in [0.1, 0.15) is 12.8 Å². The molecule has 126 valence electrons. The average Bonchev–Trinajstić information content (AvgIpc) is 2.63. The Hall–Kier alpha value is -2.92. The van der Waals surface area contributed by atoms with Crippen LogP contribution in [0.3, 0.4) is 0 Å². The molecule has 0 atom stereocenters. The lowest BCUT2D eigenvalue weighted by atomic mass is 10.1. The molecule has 0 aliphatic carbocycles. The molecule has 0 unspecified atom stereocenters. The van der Waals surface area contributed by atoms with Gasteiger partial charge in [0.2, 0.25) is 0 Å². The van der Waals surface area contributed by atoms with E-state index in [-0.39, 0.29) is 24.3 Å². The lowest BCUT2D eigenvalue weighted by molar-refractivity contribution is -0.111. The topological polar surface area (TPSA) is 89.5 Å². The predicted octanol–water partition coefficient (Wildman–Crippen LogP) is 4.83. The molecular formula is C19H17ClN4O. The summed E-state index contributed by atoms with van der Waals surface area (Å²) in [5, 5.41) is 15.8. The van der Waals surface area contributed by atoms with Gasteiger partial charge < -0.3 is 5.41 Å². The van der Waals surface area contributed by atoms with E-state index in [9.17, 15) is 4.79 Å². The highest BCUT2D eigenvalue weighted by Crippen LogP contribution is 2.23. The number of ketones is 1. The molecule has 2 aromatic rings. The van der Waals surface area contributed by atoms with Gasteiger partial charge in [0.25, 0.3) is 0 Å². The molecule has 0 aliphatic heterocycles. The lowest BCUT2D eigenvalue weighted by Crippen LogP contribution is -2.23. The van der Waals surface area contributed by atoms with Crippen molar-refractivity contribution in [3.63, 3.8) is 0 Å². The first-order chi connectivity index (χ1) is 12.1. The zero-order valence-corrected chi connectivity index (χ0v) is 14.2. The van der Waals surface area contributed by atoms with Gasteiger partial charge >= 0.3 is 0 Å². The number of halogens is 1. The van der Waals surface area contributed by atoms with Crippen LogP contribution in [0.4, 0.5) is 11.4 Å². The SMILES string of the molecule is N=CCC(=Nc1ccccc1)C(=N)C(=O)CC=Nc1ccccc1Cl. The first-order valence-electron chi connectivity index (χ1n) is 7.62. The molecule has 6 heteroatoms. The number of hydrogen-bond donors (Lipinski definition) is 2. The summed E-state index contributed by atoms with van der Waals surface area (Å²) in [4.78, 5) is 20.7. The van der Waals surface area contributed by atoms with Gasteiger partial charge in [-0.1, -0.05) is 41.9 Å². The normalized spacial score (nSPS) is 11.5. The maximum atomic E-state index is 12.2. The molecule has 0 fully saturated rings. The van der Waals surface area contributed by atoms with E-state index in [2.05, 4.69) is 9.98 Å². The summed E-state index contributed by atoms with van der Waals surface area (Å²) in [5.74, 6) is -0.410. The van der Waals surface area contributed by atoms with Crippen LogP contribution in [0.25, 0.3) is 0 Å². The lowest BCUT2D eigenvalue weighted by Gasteiger charge is -2.04. The summed E-state index contributed by atoms with van der Waals surface area (Å²) in [6, 6.07) is 16.1. The van der Waals surface area contributed by atoms with Gasteiger partial charge in [0.1, 0.15) is 5.71 Å².